The Balaban J connectivity index is 2.15. The number of aldehydes is 1. The van der Waals surface area contributed by atoms with Gasteiger partial charge < -0.3 is 4.98 Å². The monoisotopic (exact) mass is 295 g/mol. The molecule has 0 bridgehead atoms. The summed E-state index contributed by atoms with van der Waals surface area (Å²) in [6, 6.07) is 12.6. The standard InChI is InChI=1S/C19H18FNO/c1-19(2,3)13-6-4-12(5-7-13)18-16(11-22)15-10-14(20)8-9-17(15)21-18/h4-11,21H,1-3H3. The molecule has 0 atom stereocenters. The number of nitrogens with one attached hydrogen (secondary N) is 1. The van der Waals surface area contributed by atoms with Crippen LogP contribution in [0.15, 0.2) is 42.5 Å². The van der Waals surface area contributed by atoms with Crippen LogP contribution in [0.5, 0.6) is 0 Å². The minimum atomic E-state index is -0.343. The van der Waals surface area contributed by atoms with Crippen molar-refractivity contribution in [2.75, 3.05) is 0 Å². The van der Waals surface area contributed by atoms with Gasteiger partial charge in [0.2, 0.25) is 0 Å². The zero-order valence-electron chi connectivity index (χ0n) is 12.9. The number of hydrogen-bond acceptors (Lipinski definition) is 1. The van der Waals surface area contributed by atoms with Crippen LogP contribution in [-0.2, 0) is 5.41 Å². The van der Waals surface area contributed by atoms with Gasteiger partial charge in [-0.1, -0.05) is 45.0 Å². The molecule has 112 valence electrons. The van der Waals surface area contributed by atoms with Gasteiger partial charge in [0.1, 0.15) is 5.82 Å². The average Bonchev–Trinajstić information content (AvgIpc) is 2.84. The highest BCUT2D eigenvalue weighted by Crippen LogP contribution is 2.31. The van der Waals surface area contributed by atoms with E-state index >= 15 is 0 Å². The van der Waals surface area contributed by atoms with Crippen molar-refractivity contribution in [2.45, 2.75) is 26.2 Å². The van der Waals surface area contributed by atoms with Crippen LogP contribution in [-0.4, -0.2) is 11.3 Å². The third-order valence-corrected chi connectivity index (χ3v) is 3.96. The summed E-state index contributed by atoms with van der Waals surface area (Å²) in [5.41, 5.74) is 4.22. The molecule has 22 heavy (non-hydrogen) atoms. The summed E-state index contributed by atoms with van der Waals surface area (Å²) in [5.74, 6) is -0.343. The van der Waals surface area contributed by atoms with E-state index in [9.17, 15) is 9.18 Å². The third-order valence-electron chi connectivity index (χ3n) is 3.96. The van der Waals surface area contributed by atoms with E-state index in [4.69, 9.17) is 0 Å². The Morgan fingerprint density at radius 2 is 1.73 bits per heavy atom. The number of fused-ring (bicyclic) bond motifs is 1. The van der Waals surface area contributed by atoms with Gasteiger partial charge in [-0.15, -0.1) is 0 Å². The van der Waals surface area contributed by atoms with E-state index in [1.807, 2.05) is 12.1 Å². The summed E-state index contributed by atoms with van der Waals surface area (Å²) < 4.78 is 13.4. The molecular formula is C19H18FNO. The molecule has 2 aromatic carbocycles. The molecule has 3 aromatic rings. The van der Waals surface area contributed by atoms with Crippen molar-refractivity contribution < 1.29 is 9.18 Å². The van der Waals surface area contributed by atoms with Crippen molar-refractivity contribution in [3.8, 4) is 11.3 Å². The van der Waals surface area contributed by atoms with Crippen LogP contribution in [0.3, 0.4) is 0 Å². The molecule has 0 amide bonds. The second-order valence-corrected chi connectivity index (χ2v) is 6.55. The highest BCUT2D eigenvalue weighted by atomic mass is 19.1. The zero-order chi connectivity index (χ0) is 15.9. The van der Waals surface area contributed by atoms with Crippen LogP contribution in [0.25, 0.3) is 22.2 Å². The van der Waals surface area contributed by atoms with Crippen molar-refractivity contribution in [1.29, 1.82) is 0 Å². The number of hydrogen-bond donors (Lipinski definition) is 1. The number of carbonyl (C=O) groups is 1. The van der Waals surface area contributed by atoms with E-state index in [0.717, 1.165) is 23.1 Å². The molecule has 1 N–H and O–H groups in total. The topological polar surface area (TPSA) is 32.9 Å². The van der Waals surface area contributed by atoms with Gasteiger partial charge in [0.25, 0.3) is 0 Å². The summed E-state index contributed by atoms with van der Waals surface area (Å²) in [5, 5.41) is 0.616. The van der Waals surface area contributed by atoms with Crippen LogP contribution in [0.4, 0.5) is 4.39 Å². The van der Waals surface area contributed by atoms with Gasteiger partial charge in [0.05, 0.1) is 5.69 Å². The number of benzene rings is 2. The molecule has 0 spiro atoms. The first-order valence-corrected chi connectivity index (χ1v) is 7.27. The second kappa shape index (κ2) is 5.09. The van der Waals surface area contributed by atoms with Gasteiger partial charge in [-0.3, -0.25) is 4.79 Å². The molecule has 1 aromatic heterocycles. The highest BCUT2D eigenvalue weighted by molar-refractivity contribution is 6.04. The van der Waals surface area contributed by atoms with Crippen molar-refractivity contribution >= 4 is 17.2 Å². The maximum absolute atomic E-state index is 13.4. The first-order valence-electron chi connectivity index (χ1n) is 7.27. The lowest BCUT2D eigenvalue weighted by Gasteiger charge is -2.19. The van der Waals surface area contributed by atoms with Crippen molar-refractivity contribution in [3.05, 3.63) is 59.4 Å². The molecule has 0 unspecified atom stereocenters. The molecule has 3 rings (SSSR count). The van der Waals surface area contributed by atoms with E-state index in [0.29, 0.717) is 10.9 Å². The van der Waals surface area contributed by atoms with E-state index in [-0.39, 0.29) is 11.2 Å². The van der Waals surface area contributed by atoms with Crippen molar-refractivity contribution in [3.63, 3.8) is 0 Å². The van der Waals surface area contributed by atoms with Crippen LogP contribution in [0.2, 0.25) is 0 Å². The Morgan fingerprint density at radius 3 is 2.32 bits per heavy atom. The smallest absolute Gasteiger partial charge is 0.152 e. The Hall–Kier alpha value is -2.42. The molecule has 0 saturated heterocycles. The Kier molecular flexibility index (Phi) is 3.36. The molecule has 0 aliphatic heterocycles. The quantitative estimate of drug-likeness (QED) is 0.657. The Labute approximate surface area is 129 Å². The lowest BCUT2D eigenvalue weighted by molar-refractivity contribution is 0.112. The summed E-state index contributed by atoms with van der Waals surface area (Å²) >= 11 is 0. The molecule has 0 saturated carbocycles. The predicted octanol–water partition coefficient (Wildman–Crippen LogP) is 5.08. The van der Waals surface area contributed by atoms with Crippen molar-refractivity contribution in [1.82, 2.24) is 4.98 Å². The molecule has 1 heterocycles. The lowest BCUT2D eigenvalue weighted by Crippen LogP contribution is -2.10. The number of aromatic amines is 1. The number of rotatable bonds is 2. The predicted molar refractivity (Wildman–Crippen MR) is 87.8 cm³/mol. The van der Waals surface area contributed by atoms with Crippen LogP contribution >= 0.6 is 0 Å². The van der Waals surface area contributed by atoms with Crippen molar-refractivity contribution in [2.24, 2.45) is 0 Å². The largest absolute Gasteiger partial charge is 0.354 e. The van der Waals surface area contributed by atoms with Gasteiger partial charge in [-0.2, -0.15) is 0 Å². The van der Waals surface area contributed by atoms with E-state index in [1.165, 1.54) is 17.7 Å². The third kappa shape index (κ3) is 2.43. The minimum Gasteiger partial charge on any atom is -0.354 e. The maximum atomic E-state index is 13.4. The number of H-pyrrole nitrogens is 1. The molecule has 3 heteroatoms. The number of aromatic nitrogens is 1. The second-order valence-electron chi connectivity index (χ2n) is 6.55. The molecule has 0 aliphatic rings. The fourth-order valence-corrected chi connectivity index (χ4v) is 2.67. The molecule has 0 fully saturated rings. The molecule has 0 aliphatic carbocycles. The van der Waals surface area contributed by atoms with Crippen LogP contribution < -0.4 is 0 Å². The highest BCUT2D eigenvalue weighted by Gasteiger charge is 2.16. The lowest BCUT2D eigenvalue weighted by atomic mass is 9.86. The Morgan fingerprint density at radius 1 is 1.05 bits per heavy atom. The molecule has 2 nitrogen and oxygen atoms in total. The van der Waals surface area contributed by atoms with Gasteiger partial charge in [-0.25, -0.2) is 4.39 Å². The fraction of sp³-hybridized carbons (Fsp3) is 0.211. The maximum Gasteiger partial charge on any atom is 0.152 e. The average molecular weight is 295 g/mol. The normalized spacial score (nSPS) is 11.8. The van der Waals surface area contributed by atoms with E-state index in [2.05, 4.69) is 37.9 Å². The Bertz CT molecular complexity index is 838. The fourth-order valence-electron chi connectivity index (χ4n) is 2.67. The van der Waals surface area contributed by atoms with Gasteiger partial charge >= 0.3 is 0 Å². The summed E-state index contributed by atoms with van der Waals surface area (Å²) in [4.78, 5) is 14.7. The van der Waals surface area contributed by atoms with E-state index < -0.39 is 0 Å². The number of carbonyl (C=O) groups excluding carboxylic acids is 1. The first-order chi connectivity index (χ1) is 10.4. The molecule has 0 radical (unpaired) electrons. The molecular weight excluding hydrogens is 277 g/mol. The SMILES string of the molecule is CC(C)(C)c1ccc(-c2[nH]c3ccc(F)cc3c2C=O)cc1. The van der Waals surface area contributed by atoms with Gasteiger partial charge in [-0.05, 0) is 34.7 Å². The first kappa shape index (κ1) is 14.5. The van der Waals surface area contributed by atoms with Gasteiger partial charge in [0, 0.05) is 16.5 Å². The zero-order valence-corrected chi connectivity index (χ0v) is 12.9. The van der Waals surface area contributed by atoms with E-state index in [1.54, 1.807) is 6.07 Å². The minimum absolute atomic E-state index is 0.0790. The summed E-state index contributed by atoms with van der Waals surface area (Å²) in [7, 11) is 0. The van der Waals surface area contributed by atoms with Crippen LogP contribution in [0, 0.1) is 5.82 Å². The van der Waals surface area contributed by atoms with Gasteiger partial charge in [0.15, 0.2) is 6.29 Å². The number of halogens is 1. The summed E-state index contributed by atoms with van der Waals surface area (Å²) in [6.07, 6.45) is 0.783. The van der Waals surface area contributed by atoms with Crippen LogP contribution in [0.1, 0.15) is 36.7 Å². The summed E-state index contributed by atoms with van der Waals surface area (Å²) in [6.45, 7) is 6.47.